The second-order valence-corrected chi connectivity index (χ2v) is 7.25. The second kappa shape index (κ2) is 8.43. The molecule has 5 nitrogen and oxygen atoms in total. The third-order valence-electron chi connectivity index (χ3n) is 4.96. The van der Waals surface area contributed by atoms with Gasteiger partial charge in [-0.3, -0.25) is 9.48 Å². The molecule has 1 amide bonds. The molecule has 150 valence electrons. The Hall–Kier alpha value is -3.22. The molecule has 1 fully saturated rings. The van der Waals surface area contributed by atoms with Crippen LogP contribution in [0.3, 0.4) is 0 Å². The fourth-order valence-electron chi connectivity index (χ4n) is 3.44. The summed E-state index contributed by atoms with van der Waals surface area (Å²) in [5, 5.41) is 7.12. The molecule has 1 N–H and O–H groups in total. The number of hydrogen-bond acceptors (Lipinski definition) is 3. The van der Waals surface area contributed by atoms with Gasteiger partial charge in [0.2, 0.25) is 5.91 Å². The van der Waals surface area contributed by atoms with Crippen molar-refractivity contribution in [3.8, 4) is 0 Å². The van der Waals surface area contributed by atoms with Crippen molar-refractivity contribution in [2.75, 3.05) is 23.3 Å². The molecule has 1 aliphatic rings. The predicted molar refractivity (Wildman–Crippen MR) is 108 cm³/mol. The zero-order valence-corrected chi connectivity index (χ0v) is 15.9. The van der Waals surface area contributed by atoms with Gasteiger partial charge >= 0.3 is 0 Å². The number of rotatable bonds is 6. The molecule has 1 saturated heterocycles. The van der Waals surface area contributed by atoms with Crippen LogP contribution in [0.25, 0.3) is 0 Å². The van der Waals surface area contributed by atoms with E-state index in [1.165, 1.54) is 12.1 Å². The molecule has 0 saturated carbocycles. The lowest BCUT2D eigenvalue weighted by Crippen LogP contribution is -2.20. The van der Waals surface area contributed by atoms with Gasteiger partial charge in [-0.2, -0.15) is 5.10 Å². The highest BCUT2D eigenvalue weighted by Crippen LogP contribution is 2.22. The smallest absolute Gasteiger partial charge is 0.229 e. The average molecular weight is 396 g/mol. The molecular weight excluding hydrogens is 374 g/mol. The summed E-state index contributed by atoms with van der Waals surface area (Å²) in [6.45, 7) is 1.65. The van der Waals surface area contributed by atoms with Crippen LogP contribution in [-0.2, 0) is 17.8 Å². The molecule has 0 spiro atoms. The van der Waals surface area contributed by atoms with E-state index < -0.39 is 6.17 Å². The highest BCUT2D eigenvalue weighted by Gasteiger charge is 2.21. The van der Waals surface area contributed by atoms with Gasteiger partial charge in [0.1, 0.15) is 12.0 Å². The van der Waals surface area contributed by atoms with Gasteiger partial charge < -0.3 is 10.2 Å². The van der Waals surface area contributed by atoms with Crippen LogP contribution < -0.4 is 10.2 Å². The second-order valence-electron chi connectivity index (χ2n) is 7.25. The lowest BCUT2D eigenvalue weighted by Gasteiger charge is -2.17. The number of alkyl halides is 1. The summed E-state index contributed by atoms with van der Waals surface area (Å²) in [5.74, 6) is 0.0387. The number of halogens is 2. The van der Waals surface area contributed by atoms with Gasteiger partial charge in [0.25, 0.3) is 0 Å². The first-order valence-corrected chi connectivity index (χ1v) is 9.61. The molecular formula is C22H22F2N4O. The Morgan fingerprint density at radius 3 is 2.48 bits per heavy atom. The molecule has 2 heterocycles. The number of benzene rings is 2. The third-order valence-corrected chi connectivity index (χ3v) is 4.96. The van der Waals surface area contributed by atoms with Crippen LogP contribution in [0.4, 0.5) is 20.3 Å². The van der Waals surface area contributed by atoms with E-state index in [9.17, 15) is 13.6 Å². The standard InChI is InChI=1S/C22H22F2N4O/c23-18-5-1-17(2-6-18)14-28-12-10-21(26-28)25-22(29)13-16-3-7-20(8-4-16)27-11-9-19(24)15-27/h1-8,10,12,19H,9,11,13-15H2,(H,25,26,29). The maximum atomic E-state index is 13.3. The molecule has 0 radical (unpaired) electrons. The van der Waals surface area contributed by atoms with Crippen LogP contribution in [0.2, 0.25) is 0 Å². The van der Waals surface area contributed by atoms with E-state index in [1.54, 1.807) is 29.1 Å². The number of anilines is 2. The molecule has 29 heavy (non-hydrogen) atoms. The van der Waals surface area contributed by atoms with Crippen molar-refractivity contribution < 1.29 is 13.6 Å². The van der Waals surface area contributed by atoms with Crippen molar-refractivity contribution in [1.82, 2.24) is 9.78 Å². The SMILES string of the molecule is O=C(Cc1ccc(N2CCC(F)C2)cc1)Nc1ccn(Cc2ccc(F)cc2)n1. The van der Waals surface area contributed by atoms with Crippen molar-refractivity contribution in [2.45, 2.75) is 25.6 Å². The number of hydrogen-bond donors (Lipinski definition) is 1. The first-order valence-electron chi connectivity index (χ1n) is 9.61. The minimum atomic E-state index is -0.761. The molecule has 2 aromatic carbocycles. The predicted octanol–water partition coefficient (Wildman–Crippen LogP) is 3.80. The normalized spacial score (nSPS) is 16.2. The zero-order valence-electron chi connectivity index (χ0n) is 15.9. The number of amides is 1. The Kier molecular flexibility index (Phi) is 5.55. The van der Waals surface area contributed by atoms with Crippen molar-refractivity contribution in [1.29, 1.82) is 0 Å². The average Bonchev–Trinajstić information content (AvgIpc) is 3.33. The third kappa shape index (κ3) is 4.99. The van der Waals surface area contributed by atoms with E-state index >= 15 is 0 Å². The van der Waals surface area contributed by atoms with E-state index in [-0.39, 0.29) is 18.1 Å². The summed E-state index contributed by atoms with van der Waals surface area (Å²) in [4.78, 5) is 14.3. The largest absolute Gasteiger partial charge is 0.369 e. The molecule has 0 bridgehead atoms. The molecule has 1 aromatic heterocycles. The van der Waals surface area contributed by atoms with E-state index in [1.807, 2.05) is 29.2 Å². The summed E-state index contributed by atoms with van der Waals surface area (Å²) in [6.07, 6.45) is 1.81. The zero-order chi connectivity index (χ0) is 20.2. The van der Waals surface area contributed by atoms with Crippen LogP contribution in [0.1, 0.15) is 17.5 Å². The number of nitrogens with zero attached hydrogens (tertiary/aromatic N) is 3. The Bertz CT molecular complexity index is 969. The molecule has 4 rings (SSSR count). The van der Waals surface area contributed by atoms with Crippen LogP contribution in [-0.4, -0.2) is 34.9 Å². The van der Waals surface area contributed by atoms with Gasteiger partial charge in [0.15, 0.2) is 5.82 Å². The van der Waals surface area contributed by atoms with Gasteiger partial charge in [-0.15, -0.1) is 0 Å². The highest BCUT2D eigenvalue weighted by atomic mass is 19.1. The van der Waals surface area contributed by atoms with Crippen LogP contribution in [0.5, 0.6) is 0 Å². The van der Waals surface area contributed by atoms with Gasteiger partial charge in [-0.05, 0) is 41.8 Å². The minimum absolute atomic E-state index is 0.158. The number of aromatic nitrogens is 2. The number of carbonyl (C=O) groups is 1. The Morgan fingerprint density at radius 1 is 1.07 bits per heavy atom. The Labute approximate surface area is 168 Å². The number of nitrogens with one attached hydrogen (secondary N) is 1. The molecule has 0 aliphatic carbocycles. The highest BCUT2D eigenvalue weighted by molar-refractivity contribution is 5.91. The minimum Gasteiger partial charge on any atom is -0.369 e. The van der Waals surface area contributed by atoms with E-state index in [0.717, 1.165) is 23.4 Å². The lowest BCUT2D eigenvalue weighted by atomic mass is 10.1. The van der Waals surface area contributed by atoms with Crippen LogP contribution in [0, 0.1) is 5.82 Å². The summed E-state index contributed by atoms with van der Waals surface area (Å²) in [5.41, 5.74) is 2.78. The van der Waals surface area contributed by atoms with E-state index in [4.69, 9.17) is 0 Å². The Morgan fingerprint density at radius 2 is 1.79 bits per heavy atom. The van der Waals surface area contributed by atoms with Crippen LogP contribution in [0.15, 0.2) is 60.8 Å². The van der Waals surface area contributed by atoms with Gasteiger partial charge in [-0.1, -0.05) is 24.3 Å². The first-order chi connectivity index (χ1) is 14.0. The first kappa shape index (κ1) is 19.1. The molecule has 7 heteroatoms. The summed E-state index contributed by atoms with van der Waals surface area (Å²) < 4.78 is 28.0. The van der Waals surface area contributed by atoms with Gasteiger partial charge in [0.05, 0.1) is 13.0 Å². The Balaban J connectivity index is 1.30. The van der Waals surface area contributed by atoms with Crippen molar-refractivity contribution in [3.63, 3.8) is 0 Å². The molecule has 1 atom stereocenters. The molecule has 3 aromatic rings. The fourth-order valence-corrected chi connectivity index (χ4v) is 3.44. The monoisotopic (exact) mass is 396 g/mol. The van der Waals surface area contributed by atoms with Gasteiger partial charge in [-0.25, -0.2) is 8.78 Å². The van der Waals surface area contributed by atoms with Crippen LogP contribution >= 0.6 is 0 Å². The number of carbonyl (C=O) groups excluding carboxylic acids is 1. The summed E-state index contributed by atoms with van der Waals surface area (Å²) >= 11 is 0. The van der Waals surface area contributed by atoms with E-state index in [2.05, 4.69) is 10.4 Å². The summed E-state index contributed by atoms with van der Waals surface area (Å²) in [6, 6.07) is 15.6. The lowest BCUT2D eigenvalue weighted by molar-refractivity contribution is -0.115. The quantitative estimate of drug-likeness (QED) is 0.690. The van der Waals surface area contributed by atoms with E-state index in [0.29, 0.717) is 25.3 Å². The maximum absolute atomic E-state index is 13.3. The van der Waals surface area contributed by atoms with Crippen molar-refractivity contribution >= 4 is 17.4 Å². The summed E-state index contributed by atoms with van der Waals surface area (Å²) in [7, 11) is 0. The van der Waals surface area contributed by atoms with Crippen molar-refractivity contribution in [3.05, 3.63) is 77.7 Å². The molecule has 1 unspecified atom stereocenters. The van der Waals surface area contributed by atoms with Gasteiger partial charge in [0, 0.05) is 31.0 Å². The topological polar surface area (TPSA) is 50.2 Å². The maximum Gasteiger partial charge on any atom is 0.229 e. The fraction of sp³-hybridized carbons (Fsp3) is 0.273. The van der Waals surface area contributed by atoms with Crippen molar-refractivity contribution in [2.24, 2.45) is 0 Å². The molecule has 1 aliphatic heterocycles.